The highest BCUT2D eigenvalue weighted by atomic mass is 16.6. The number of nitrogens with zero attached hydrogens (tertiary/aromatic N) is 1. The number of ether oxygens (including phenoxy) is 1. The van der Waals surface area contributed by atoms with Gasteiger partial charge in [-0.15, -0.1) is 0 Å². The molecule has 0 aliphatic carbocycles. The zero-order valence-electron chi connectivity index (χ0n) is 13.4. The van der Waals surface area contributed by atoms with E-state index >= 15 is 0 Å². The molecule has 1 unspecified atom stereocenters. The Balaban J connectivity index is 2.02. The minimum Gasteiger partial charge on any atom is -0.364 e. The lowest BCUT2D eigenvalue weighted by Crippen LogP contribution is -2.50. The van der Waals surface area contributed by atoms with Crippen LogP contribution in [0.15, 0.2) is 42.5 Å². The molecule has 0 aliphatic rings. The Morgan fingerprint density at radius 1 is 1.05 bits per heavy atom. The quantitative estimate of drug-likeness (QED) is 0.653. The highest BCUT2D eigenvalue weighted by molar-refractivity contribution is 5.85. The molecule has 114 valence electrons. The van der Waals surface area contributed by atoms with E-state index in [9.17, 15) is 5.11 Å². The lowest BCUT2D eigenvalue weighted by Gasteiger charge is -2.35. The van der Waals surface area contributed by atoms with Gasteiger partial charge in [0.25, 0.3) is 0 Å². The van der Waals surface area contributed by atoms with Crippen LogP contribution in [0.25, 0.3) is 10.8 Å². The van der Waals surface area contributed by atoms with Crippen molar-refractivity contribution in [3.63, 3.8) is 0 Å². The van der Waals surface area contributed by atoms with Gasteiger partial charge in [0.05, 0.1) is 26.7 Å². The number of benzene rings is 2. The van der Waals surface area contributed by atoms with Crippen molar-refractivity contribution in [2.75, 3.05) is 20.6 Å². The number of aliphatic hydroxyl groups excluding tert-OH is 1. The second kappa shape index (κ2) is 6.56. The van der Waals surface area contributed by atoms with Crippen LogP contribution in [-0.4, -0.2) is 42.6 Å². The minimum atomic E-state index is -0.749. The Hall–Kier alpha value is -1.42. The fourth-order valence-electron chi connectivity index (χ4n) is 2.27. The lowest BCUT2D eigenvalue weighted by molar-refractivity contribution is -0.916. The van der Waals surface area contributed by atoms with Gasteiger partial charge in [-0.25, -0.2) is 0 Å². The smallest absolute Gasteiger partial charge is 0.205 e. The molecule has 3 heteroatoms. The second-order valence-corrected chi connectivity index (χ2v) is 6.46. The van der Waals surface area contributed by atoms with Gasteiger partial charge in [0, 0.05) is 0 Å². The van der Waals surface area contributed by atoms with Crippen molar-refractivity contribution in [3.05, 3.63) is 48.0 Å². The molecule has 1 N–H and O–H groups in total. The third-order valence-corrected chi connectivity index (χ3v) is 4.34. The van der Waals surface area contributed by atoms with E-state index in [1.165, 1.54) is 10.8 Å². The molecule has 2 aromatic carbocycles. The zero-order chi connectivity index (χ0) is 15.5. The summed E-state index contributed by atoms with van der Waals surface area (Å²) in [5, 5.41) is 12.5. The fraction of sp³-hybridized carbons (Fsp3) is 0.444. The van der Waals surface area contributed by atoms with E-state index in [2.05, 4.69) is 52.2 Å². The van der Waals surface area contributed by atoms with E-state index in [0.29, 0.717) is 19.2 Å². The largest absolute Gasteiger partial charge is 0.364 e. The van der Waals surface area contributed by atoms with Crippen LogP contribution in [0, 0.1) is 0 Å². The molecule has 0 amide bonds. The van der Waals surface area contributed by atoms with Crippen LogP contribution in [0.2, 0.25) is 0 Å². The van der Waals surface area contributed by atoms with Crippen LogP contribution in [-0.2, 0) is 11.3 Å². The summed E-state index contributed by atoms with van der Waals surface area (Å²) in [6.07, 6.45) is -0.749. The van der Waals surface area contributed by atoms with Gasteiger partial charge in [0.15, 0.2) is 0 Å². The van der Waals surface area contributed by atoms with Crippen molar-refractivity contribution in [2.24, 2.45) is 0 Å². The van der Waals surface area contributed by atoms with Crippen LogP contribution in [0.5, 0.6) is 0 Å². The predicted molar refractivity (Wildman–Crippen MR) is 86.9 cm³/mol. The third kappa shape index (κ3) is 4.03. The van der Waals surface area contributed by atoms with Crippen LogP contribution in [0.4, 0.5) is 0 Å². The zero-order valence-corrected chi connectivity index (χ0v) is 13.4. The topological polar surface area (TPSA) is 29.5 Å². The minimum absolute atomic E-state index is 0.431. The van der Waals surface area contributed by atoms with Crippen molar-refractivity contribution >= 4 is 10.8 Å². The van der Waals surface area contributed by atoms with Gasteiger partial charge in [0.2, 0.25) is 6.29 Å². The Morgan fingerprint density at radius 2 is 1.71 bits per heavy atom. The van der Waals surface area contributed by atoms with Gasteiger partial charge < -0.3 is 14.3 Å². The first kappa shape index (κ1) is 16.0. The van der Waals surface area contributed by atoms with Crippen LogP contribution in [0.3, 0.4) is 0 Å². The molecule has 0 spiro atoms. The summed E-state index contributed by atoms with van der Waals surface area (Å²) in [6.45, 7) is 5.32. The first-order valence-corrected chi connectivity index (χ1v) is 7.49. The standard InChI is InChI=1S/C18H26NO2/c1-14(2)19(3,4)12-18(20)21-13-16-10-7-9-15-8-5-6-11-17(15)16/h5-11,14,18,20H,12-13H2,1-4H3/q+1. The number of fused-ring (bicyclic) bond motifs is 1. The second-order valence-electron chi connectivity index (χ2n) is 6.46. The number of likely N-dealkylation sites (N-methyl/N-ethyl adjacent to an activating group) is 1. The molecular weight excluding hydrogens is 262 g/mol. The molecule has 2 rings (SSSR count). The number of rotatable bonds is 6. The molecule has 0 bridgehead atoms. The number of aliphatic hydroxyl groups is 1. The number of quaternary nitrogens is 1. The first-order valence-electron chi connectivity index (χ1n) is 7.49. The van der Waals surface area contributed by atoms with E-state index in [0.717, 1.165) is 10.0 Å². The maximum Gasteiger partial charge on any atom is 0.205 e. The van der Waals surface area contributed by atoms with E-state index in [1.807, 2.05) is 18.2 Å². The van der Waals surface area contributed by atoms with Gasteiger partial charge in [-0.1, -0.05) is 42.5 Å². The van der Waals surface area contributed by atoms with E-state index in [1.54, 1.807) is 0 Å². The maximum atomic E-state index is 10.1. The molecule has 0 fully saturated rings. The molecule has 21 heavy (non-hydrogen) atoms. The van der Waals surface area contributed by atoms with Crippen LogP contribution < -0.4 is 0 Å². The Morgan fingerprint density at radius 3 is 2.43 bits per heavy atom. The number of hydrogen-bond acceptors (Lipinski definition) is 2. The van der Waals surface area contributed by atoms with Crippen molar-refractivity contribution in [3.8, 4) is 0 Å². The van der Waals surface area contributed by atoms with Crippen molar-refractivity contribution in [1.29, 1.82) is 0 Å². The van der Waals surface area contributed by atoms with Crippen molar-refractivity contribution in [2.45, 2.75) is 32.8 Å². The monoisotopic (exact) mass is 288 g/mol. The molecule has 2 aromatic rings. The summed E-state index contributed by atoms with van der Waals surface area (Å²) < 4.78 is 6.39. The van der Waals surface area contributed by atoms with Crippen LogP contribution >= 0.6 is 0 Å². The van der Waals surface area contributed by atoms with Crippen molar-refractivity contribution in [1.82, 2.24) is 0 Å². The van der Waals surface area contributed by atoms with Gasteiger partial charge in [-0.3, -0.25) is 0 Å². The van der Waals surface area contributed by atoms with Crippen LogP contribution in [0.1, 0.15) is 19.4 Å². The molecule has 1 atom stereocenters. The summed E-state index contributed by atoms with van der Waals surface area (Å²) in [6, 6.07) is 14.9. The molecule has 0 radical (unpaired) electrons. The van der Waals surface area contributed by atoms with E-state index < -0.39 is 6.29 Å². The predicted octanol–water partition coefficient (Wildman–Crippen LogP) is 3.16. The molecule has 0 saturated heterocycles. The summed E-state index contributed by atoms with van der Waals surface area (Å²) in [5.74, 6) is 0. The van der Waals surface area contributed by atoms with E-state index in [4.69, 9.17) is 4.74 Å². The summed E-state index contributed by atoms with van der Waals surface area (Å²) >= 11 is 0. The molecule has 0 saturated carbocycles. The molecule has 0 aromatic heterocycles. The lowest BCUT2D eigenvalue weighted by atomic mass is 10.1. The summed E-state index contributed by atoms with van der Waals surface area (Å²) in [4.78, 5) is 0. The summed E-state index contributed by atoms with van der Waals surface area (Å²) in [5.41, 5.74) is 1.11. The SMILES string of the molecule is CC(C)[N+](C)(C)CC(O)OCc1cccc2ccccc12. The molecular formula is C18H26NO2+. The average molecular weight is 288 g/mol. The van der Waals surface area contributed by atoms with Gasteiger partial charge in [-0.2, -0.15) is 0 Å². The van der Waals surface area contributed by atoms with Crippen molar-refractivity contribution < 1.29 is 14.3 Å². The van der Waals surface area contributed by atoms with Gasteiger partial charge >= 0.3 is 0 Å². The fourth-order valence-corrected chi connectivity index (χ4v) is 2.27. The third-order valence-electron chi connectivity index (χ3n) is 4.34. The number of hydrogen-bond donors (Lipinski definition) is 1. The highest BCUT2D eigenvalue weighted by Gasteiger charge is 2.24. The van der Waals surface area contributed by atoms with Gasteiger partial charge in [0.1, 0.15) is 6.54 Å². The average Bonchev–Trinajstić information content (AvgIpc) is 2.44. The maximum absolute atomic E-state index is 10.1. The van der Waals surface area contributed by atoms with E-state index in [-0.39, 0.29) is 0 Å². The summed E-state index contributed by atoms with van der Waals surface area (Å²) in [7, 11) is 4.21. The Labute approximate surface area is 127 Å². The molecule has 0 heterocycles. The first-order chi connectivity index (χ1) is 9.90. The molecule has 3 nitrogen and oxygen atoms in total. The normalized spacial score (nSPS) is 13.8. The Bertz CT molecular complexity index is 587. The Kier molecular flexibility index (Phi) is 4.99. The van der Waals surface area contributed by atoms with Gasteiger partial charge in [-0.05, 0) is 30.2 Å². The highest BCUT2D eigenvalue weighted by Crippen LogP contribution is 2.19. The molecule has 0 aliphatic heterocycles.